The highest BCUT2D eigenvalue weighted by atomic mass is 35.5. The van der Waals surface area contributed by atoms with E-state index in [9.17, 15) is 4.79 Å². The Morgan fingerprint density at radius 2 is 1.86 bits per heavy atom. The Morgan fingerprint density at radius 1 is 1.03 bits per heavy atom. The number of hydrogen-bond donors (Lipinski definition) is 2. The molecule has 186 valence electrons. The predicted octanol–water partition coefficient (Wildman–Crippen LogP) is 5.86. The highest BCUT2D eigenvalue weighted by Crippen LogP contribution is 2.29. The standard InChI is InChI=1S/C26H26ClN5O3S/c1-17-11-12-19(27)14-22(17)32-24(15-28-25(33)29-21-9-4-5-10-23(21)35-3)30-31-26(32)36-16-18-7-6-8-20(13-18)34-2/h4-14H,15-16H2,1-3H3,(H2,28,29,33). The lowest BCUT2D eigenvalue weighted by Gasteiger charge is -2.14. The van der Waals surface area contributed by atoms with Gasteiger partial charge in [-0.1, -0.05) is 53.7 Å². The Balaban J connectivity index is 1.56. The molecule has 1 aromatic heterocycles. The molecule has 0 aliphatic carbocycles. The van der Waals surface area contributed by atoms with Gasteiger partial charge < -0.3 is 20.1 Å². The summed E-state index contributed by atoms with van der Waals surface area (Å²) in [6, 6.07) is 20.4. The summed E-state index contributed by atoms with van der Waals surface area (Å²) in [7, 11) is 3.20. The number of ether oxygens (including phenoxy) is 2. The van der Waals surface area contributed by atoms with Gasteiger partial charge in [-0.15, -0.1) is 10.2 Å². The molecule has 0 spiro atoms. The molecule has 0 saturated carbocycles. The molecule has 2 amide bonds. The number of amides is 2. The average molecular weight is 524 g/mol. The first-order valence-corrected chi connectivity index (χ1v) is 12.5. The molecule has 2 N–H and O–H groups in total. The fraction of sp³-hybridized carbons (Fsp3) is 0.192. The van der Waals surface area contributed by atoms with E-state index < -0.39 is 0 Å². The van der Waals surface area contributed by atoms with Crippen molar-refractivity contribution in [3.63, 3.8) is 0 Å². The number of anilines is 1. The molecule has 0 unspecified atom stereocenters. The first-order chi connectivity index (χ1) is 17.5. The third kappa shape index (κ3) is 6.10. The normalized spacial score (nSPS) is 10.7. The first kappa shape index (κ1) is 25.4. The zero-order valence-electron chi connectivity index (χ0n) is 20.1. The SMILES string of the molecule is COc1cccc(CSc2nnc(CNC(=O)Nc3ccccc3OC)n2-c2cc(Cl)ccc2C)c1. The van der Waals surface area contributed by atoms with E-state index in [1.54, 1.807) is 26.4 Å². The Labute approximate surface area is 219 Å². The summed E-state index contributed by atoms with van der Waals surface area (Å²) in [6.07, 6.45) is 0. The van der Waals surface area contributed by atoms with Crippen LogP contribution in [0.2, 0.25) is 5.02 Å². The summed E-state index contributed by atoms with van der Waals surface area (Å²) < 4.78 is 12.6. The van der Waals surface area contributed by atoms with Crippen LogP contribution in [0.25, 0.3) is 5.69 Å². The average Bonchev–Trinajstić information content (AvgIpc) is 3.30. The lowest BCUT2D eigenvalue weighted by molar-refractivity contribution is 0.251. The molecule has 0 aliphatic heterocycles. The van der Waals surface area contributed by atoms with Gasteiger partial charge in [0.2, 0.25) is 0 Å². The minimum absolute atomic E-state index is 0.152. The van der Waals surface area contributed by atoms with Crippen molar-refractivity contribution in [2.75, 3.05) is 19.5 Å². The highest BCUT2D eigenvalue weighted by molar-refractivity contribution is 7.98. The molecule has 0 atom stereocenters. The highest BCUT2D eigenvalue weighted by Gasteiger charge is 2.18. The molecule has 4 aromatic rings. The van der Waals surface area contributed by atoms with Crippen molar-refractivity contribution in [2.45, 2.75) is 24.4 Å². The van der Waals surface area contributed by atoms with E-state index in [4.69, 9.17) is 21.1 Å². The van der Waals surface area contributed by atoms with E-state index in [0.29, 0.717) is 33.2 Å². The van der Waals surface area contributed by atoms with Gasteiger partial charge in [-0.3, -0.25) is 4.57 Å². The van der Waals surface area contributed by atoms with Crippen LogP contribution >= 0.6 is 23.4 Å². The van der Waals surface area contributed by atoms with Crippen LogP contribution in [-0.4, -0.2) is 35.0 Å². The summed E-state index contributed by atoms with van der Waals surface area (Å²) in [5.41, 5.74) is 3.51. The topological polar surface area (TPSA) is 90.3 Å². The lowest BCUT2D eigenvalue weighted by atomic mass is 10.2. The van der Waals surface area contributed by atoms with Gasteiger partial charge >= 0.3 is 6.03 Å². The number of benzene rings is 3. The molecule has 10 heteroatoms. The fourth-order valence-corrected chi connectivity index (χ4v) is 4.63. The second kappa shape index (κ2) is 11.8. The Kier molecular flexibility index (Phi) is 8.35. The maximum atomic E-state index is 12.6. The van der Waals surface area contributed by atoms with Crippen molar-refractivity contribution in [1.29, 1.82) is 0 Å². The second-order valence-electron chi connectivity index (χ2n) is 7.81. The van der Waals surface area contributed by atoms with Gasteiger partial charge in [0.05, 0.1) is 32.1 Å². The first-order valence-electron chi connectivity index (χ1n) is 11.1. The number of urea groups is 1. The molecule has 0 bridgehead atoms. The third-order valence-electron chi connectivity index (χ3n) is 5.38. The number of nitrogens with zero attached hydrogens (tertiary/aromatic N) is 3. The Morgan fingerprint density at radius 3 is 2.67 bits per heavy atom. The van der Waals surface area contributed by atoms with Crippen LogP contribution < -0.4 is 20.1 Å². The number of methoxy groups -OCH3 is 2. The predicted molar refractivity (Wildman–Crippen MR) is 143 cm³/mol. The molecule has 3 aromatic carbocycles. The molecule has 36 heavy (non-hydrogen) atoms. The summed E-state index contributed by atoms with van der Waals surface area (Å²) in [5.74, 6) is 2.60. The lowest BCUT2D eigenvalue weighted by Crippen LogP contribution is -2.29. The molecule has 8 nitrogen and oxygen atoms in total. The van der Waals surface area contributed by atoms with E-state index in [1.165, 1.54) is 11.8 Å². The molecule has 1 heterocycles. The van der Waals surface area contributed by atoms with Gasteiger partial charge in [0, 0.05) is 10.8 Å². The molecule has 0 aliphatic rings. The summed E-state index contributed by atoms with van der Waals surface area (Å²) in [5, 5.41) is 15.7. The second-order valence-corrected chi connectivity index (χ2v) is 9.19. The van der Waals surface area contributed by atoms with Crippen LogP contribution in [0.5, 0.6) is 11.5 Å². The number of nitrogens with one attached hydrogen (secondary N) is 2. The van der Waals surface area contributed by atoms with E-state index in [-0.39, 0.29) is 12.6 Å². The summed E-state index contributed by atoms with van der Waals surface area (Å²) >= 11 is 7.86. The third-order valence-corrected chi connectivity index (χ3v) is 6.61. The van der Waals surface area contributed by atoms with E-state index in [0.717, 1.165) is 22.6 Å². The van der Waals surface area contributed by atoms with Crippen LogP contribution in [-0.2, 0) is 12.3 Å². The molecule has 0 saturated heterocycles. The maximum Gasteiger partial charge on any atom is 0.319 e. The van der Waals surface area contributed by atoms with Gasteiger partial charge in [-0.25, -0.2) is 4.79 Å². The van der Waals surface area contributed by atoms with Crippen LogP contribution in [0.3, 0.4) is 0 Å². The van der Waals surface area contributed by atoms with Crippen molar-refractivity contribution in [1.82, 2.24) is 20.1 Å². The molecule has 4 rings (SSSR count). The summed E-state index contributed by atoms with van der Waals surface area (Å²) in [6.45, 7) is 2.15. The number of para-hydroxylation sites is 2. The van der Waals surface area contributed by atoms with E-state index >= 15 is 0 Å². The smallest absolute Gasteiger partial charge is 0.319 e. The van der Waals surface area contributed by atoms with Gasteiger partial charge in [0.15, 0.2) is 11.0 Å². The Bertz CT molecular complexity index is 1360. The maximum absolute atomic E-state index is 12.6. The van der Waals surface area contributed by atoms with Crippen LogP contribution in [0.15, 0.2) is 71.9 Å². The minimum Gasteiger partial charge on any atom is -0.497 e. The van der Waals surface area contributed by atoms with Crippen LogP contribution in [0, 0.1) is 6.92 Å². The van der Waals surface area contributed by atoms with Crippen molar-refractivity contribution in [3.8, 4) is 17.2 Å². The van der Waals surface area contributed by atoms with Gasteiger partial charge in [-0.05, 0) is 54.4 Å². The number of rotatable bonds is 9. The number of aryl methyl sites for hydroxylation is 1. The number of thioether (sulfide) groups is 1. The quantitative estimate of drug-likeness (QED) is 0.267. The van der Waals surface area contributed by atoms with Crippen molar-refractivity contribution in [2.24, 2.45) is 0 Å². The van der Waals surface area contributed by atoms with E-state index in [1.807, 2.05) is 66.1 Å². The number of hydrogen-bond acceptors (Lipinski definition) is 6. The van der Waals surface area contributed by atoms with Crippen molar-refractivity contribution in [3.05, 3.63) is 88.7 Å². The number of carbonyl (C=O) groups excluding carboxylic acids is 1. The Hall–Kier alpha value is -3.69. The van der Waals surface area contributed by atoms with Crippen molar-refractivity contribution < 1.29 is 14.3 Å². The van der Waals surface area contributed by atoms with Crippen molar-refractivity contribution >= 4 is 35.1 Å². The van der Waals surface area contributed by atoms with E-state index in [2.05, 4.69) is 20.8 Å². The minimum atomic E-state index is -0.387. The van der Waals surface area contributed by atoms with Gasteiger partial charge in [0.1, 0.15) is 11.5 Å². The molecular formula is C26H26ClN5O3S. The molecule has 0 fully saturated rings. The summed E-state index contributed by atoms with van der Waals surface area (Å²) in [4.78, 5) is 12.6. The number of halogens is 1. The van der Waals surface area contributed by atoms with Crippen LogP contribution in [0.4, 0.5) is 10.5 Å². The zero-order valence-corrected chi connectivity index (χ0v) is 21.7. The molecular weight excluding hydrogens is 498 g/mol. The fourth-order valence-electron chi connectivity index (χ4n) is 3.56. The molecule has 0 radical (unpaired) electrons. The monoisotopic (exact) mass is 523 g/mol. The zero-order chi connectivity index (χ0) is 25.5. The number of carbonyl (C=O) groups is 1. The van der Waals surface area contributed by atoms with Gasteiger partial charge in [0.25, 0.3) is 0 Å². The van der Waals surface area contributed by atoms with Gasteiger partial charge in [-0.2, -0.15) is 0 Å². The number of aromatic nitrogens is 3. The largest absolute Gasteiger partial charge is 0.497 e. The van der Waals surface area contributed by atoms with Crippen LogP contribution in [0.1, 0.15) is 17.0 Å².